The Hall–Kier alpha value is -4.20. The normalized spacial score (nSPS) is 11.2. The van der Waals surface area contributed by atoms with Gasteiger partial charge in [-0.05, 0) is 49.4 Å². The number of rotatable bonds is 7. The predicted octanol–water partition coefficient (Wildman–Crippen LogP) is 4.57. The van der Waals surface area contributed by atoms with Crippen LogP contribution in [0.3, 0.4) is 0 Å². The van der Waals surface area contributed by atoms with Crippen LogP contribution in [0.15, 0.2) is 78.9 Å². The van der Waals surface area contributed by atoms with Gasteiger partial charge in [0.05, 0.1) is 10.5 Å². The Morgan fingerprint density at radius 2 is 1.60 bits per heavy atom. The van der Waals surface area contributed by atoms with E-state index in [0.29, 0.717) is 17.2 Å². The molecular weight excluding hydrogens is 388 g/mol. The van der Waals surface area contributed by atoms with Gasteiger partial charge >= 0.3 is 5.97 Å². The zero-order valence-corrected chi connectivity index (χ0v) is 16.0. The molecule has 1 atom stereocenters. The first-order chi connectivity index (χ1) is 14.4. The van der Waals surface area contributed by atoms with Crippen molar-refractivity contribution in [2.24, 2.45) is 0 Å². The van der Waals surface area contributed by atoms with Crippen LogP contribution in [-0.4, -0.2) is 22.9 Å². The number of hydrogen-bond acceptors (Lipinski definition) is 6. The fourth-order valence-corrected chi connectivity index (χ4v) is 2.50. The fraction of sp³-hybridized carbons (Fsp3) is 0.0909. The molecule has 3 aromatic carbocycles. The molecule has 1 N–H and O–H groups in total. The van der Waals surface area contributed by atoms with Gasteiger partial charge in [0.1, 0.15) is 11.5 Å². The summed E-state index contributed by atoms with van der Waals surface area (Å²) in [6, 6.07) is 21.1. The van der Waals surface area contributed by atoms with Crippen molar-refractivity contribution >= 4 is 23.3 Å². The zero-order valence-electron chi connectivity index (χ0n) is 16.0. The monoisotopic (exact) mass is 406 g/mol. The summed E-state index contributed by atoms with van der Waals surface area (Å²) in [5.41, 5.74) is 0.254. The van der Waals surface area contributed by atoms with Crippen LogP contribution in [0.25, 0.3) is 0 Å². The maximum atomic E-state index is 12.3. The summed E-state index contributed by atoms with van der Waals surface area (Å²) in [5, 5.41) is 13.5. The molecule has 0 radical (unpaired) electrons. The highest BCUT2D eigenvalue weighted by Crippen LogP contribution is 2.23. The molecule has 0 aromatic heterocycles. The second-order valence-corrected chi connectivity index (χ2v) is 6.28. The second-order valence-electron chi connectivity index (χ2n) is 6.28. The van der Waals surface area contributed by atoms with E-state index in [-0.39, 0.29) is 11.3 Å². The number of hydrogen-bond donors (Lipinski definition) is 1. The van der Waals surface area contributed by atoms with Crippen molar-refractivity contribution in [3.05, 3.63) is 94.5 Å². The van der Waals surface area contributed by atoms with Gasteiger partial charge in [-0.1, -0.05) is 24.3 Å². The highest BCUT2D eigenvalue weighted by Gasteiger charge is 2.20. The minimum Gasteiger partial charge on any atom is -0.457 e. The number of benzene rings is 3. The molecule has 0 bridgehead atoms. The molecule has 0 aliphatic carbocycles. The van der Waals surface area contributed by atoms with Crippen LogP contribution in [0.2, 0.25) is 0 Å². The number of nitro benzene ring substituents is 1. The number of esters is 1. The summed E-state index contributed by atoms with van der Waals surface area (Å²) in [6.45, 7) is 1.41. The average Bonchev–Trinajstić information content (AvgIpc) is 2.75. The Labute approximate surface area is 172 Å². The molecule has 0 spiro atoms. The molecule has 3 aromatic rings. The van der Waals surface area contributed by atoms with Gasteiger partial charge in [0, 0.05) is 17.8 Å². The third-order valence-corrected chi connectivity index (χ3v) is 4.05. The summed E-state index contributed by atoms with van der Waals surface area (Å²) in [6.07, 6.45) is -1.10. The maximum absolute atomic E-state index is 12.3. The molecule has 3 rings (SSSR count). The van der Waals surface area contributed by atoms with Crippen molar-refractivity contribution in [1.82, 2.24) is 0 Å². The number of ether oxygens (including phenoxy) is 2. The number of nitrogens with zero attached hydrogens (tertiary/aromatic N) is 1. The summed E-state index contributed by atoms with van der Waals surface area (Å²) in [4.78, 5) is 34.7. The molecule has 8 heteroatoms. The first-order valence-corrected chi connectivity index (χ1v) is 9.01. The molecule has 0 fully saturated rings. The van der Waals surface area contributed by atoms with Crippen LogP contribution >= 0.6 is 0 Å². The van der Waals surface area contributed by atoms with Crippen molar-refractivity contribution in [1.29, 1.82) is 0 Å². The number of non-ortho nitro benzene ring substituents is 1. The van der Waals surface area contributed by atoms with Gasteiger partial charge in [-0.3, -0.25) is 14.9 Å². The largest absolute Gasteiger partial charge is 0.457 e. The average molecular weight is 406 g/mol. The molecule has 0 unspecified atom stereocenters. The van der Waals surface area contributed by atoms with Gasteiger partial charge in [-0.15, -0.1) is 0 Å². The SMILES string of the molecule is C[C@H](OC(=O)c1cccc([N+](=O)[O-])c1)C(=O)Nc1ccc(Oc2ccccc2)cc1. The Kier molecular flexibility index (Phi) is 6.39. The van der Waals surface area contributed by atoms with Crippen LogP contribution in [0.5, 0.6) is 11.5 Å². The standard InChI is InChI=1S/C22H18N2O6/c1-15(29-22(26)16-6-5-7-18(14-16)24(27)28)21(25)23-17-10-12-20(13-11-17)30-19-8-3-2-4-9-19/h2-15H,1H3,(H,23,25)/t15-/m0/s1. The lowest BCUT2D eigenvalue weighted by atomic mass is 10.2. The topological polar surface area (TPSA) is 108 Å². The third kappa shape index (κ3) is 5.41. The van der Waals surface area contributed by atoms with E-state index in [1.807, 2.05) is 30.3 Å². The van der Waals surface area contributed by atoms with E-state index in [9.17, 15) is 19.7 Å². The van der Waals surface area contributed by atoms with Crippen molar-refractivity contribution < 1.29 is 24.0 Å². The number of nitro groups is 1. The van der Waals surface area contributed by atoms with Crippen LogP contribution in [-0.2, 0) is 9.53 Å². The molecule has 8 nitrogen and oxygen atoms in total. The number of anilines is 1. The lowest BCUT2D eigenvalue weighted by molar-refractivity contribution is -0.384. The Morgan fingerprint density at radius 1 is 0.933 bits per heavy atom. The quantitative estimate of drug-likeness (QED) is 0.350. The van der Waals surface area contributed by atoms with Gasteiger partial charge in [0.2, 0.25) is 0 Å². The highest BCUT2D eigenvalue weighted by atomic mass is 16.6. The molecule has 0 saturated carbocycles. The summed E-state index contributed by atoms with van der Waals surface area (Å²) >= 11 is 0. The maximum Gasteiger partial charge on any atom is 0.339 e. The number of carbonyl (C=O) groups is 2. The number of amides is 1. The molecular formula is C22H18N2O6. The van der Waals surface area contributed by atoms with E-state index in [0.717, 1.165) is 6.07 Å². The van der Waals surface area contributed by atoms with Gasteiger partial charge in [-0.2, -0.15) is 0 Å². The minimum atomic E-state index is -1.10. The van der Waals surface area contributed by atoms with E-state index in [2.05, 4.69) is 5.32 Å². The van der Waals surface area contributed by atoms with Crippen molar-refractivity contribution in [2.45, 2.75) is 13.0 Å². The van der Waals surface area contributed by atoms with Crippen molar-refractivity contribution in [3.8, 4) is 11.5 Å². The molecule has 0 aliphatic heterocycles. The molecule has 0 saturated heterocycles. The molecule has 152 valence electrons. The molecule has 0 aliphatic rings. The first kappa shape index (κ1) is 20.5. The van der Waals surface area contributed by atoms with E-state index in [4.69, 9.17) is 9.47 Å². The fourth-order valence-electron chi connectivity index (χ4n) is 2.50. The lowest BCUT2D eigenvalue weighted by Gasteiger charge is -2.14. The van der Waals surface area contributed by atoms with Gasteiger partial charge in [0.15, 0.2) is 6.10 Å². The molecule has 1 amide bonds. The van der Waals surface area contributed by atoms with Gasteiger partial charge in [-0.25, -0.2) is 4.79 Å². The Balaban J connectivity index is 1.56. The van der Waals surface area contributed by atoms with E-state index >= 15 is 0 Å². The summed E-state index contributed by atoms with van der Waals surface area (Å²) in [7, 11) is 0. The van der Waals surface area contributed by atoms with Crippen LogP contribution in [0.4, 0.5) is 11.4 Å². The van der Waals surface area contributed by atoms with Crippen molar-refractivity contribution in [2.75, 3.05) is 5.32 Å². The van der Waals surface area contributed by atoms with Gasteiger partial charge in [0.25, 0.3) is 11.6 Å². The number of carbonyl (C=O) groups excluding carboxylic acids is 2. The summed E-state index contributed by atoms with van der Waals surface area (Å²) in [5.74, 6) is -0.0706. The van der Waals surface area contributed by atoms with Crippen molar-refractivity contribution in [3.63, 3.8) is 0 Å². The van der Waals surface area contributed by atoms with E-state index < -0.39 is 22.9 Å². The van der Waals surface area contributed by atoms with Gasteiger partial charge < -0.3 is 14.8 Å². The number of nitrogens with one attached hydrogen (secondary N) is 1. The smallest absolute Gasteiger partial charge is 0.339 e. The van der Waals surface area contributed by atoms with E-state index in [1.54, 1.807) is 24.3 Å². The Morgan fingerprint density at radius 3 is 2.27 bits per heavy atom. The van der Waals surface area contributed by atoms with Crippen LogP contribution < -0.4 is 10.1 Å². The second kappa shape index (κ2) is 9.33. The number of para-hydroxylation sites is 1. The first-order valence-electron chi connectivity index (χ1n) is 9.01. The Bertz CT molecular complexity index is 1050. The minimum absolute atomic E-state index is 0.00809. The predicted molar refractivity (Wildman–Crippen MR) is 110 cm³/mol. The molecule has 30 heavy (non-hydrogen) atoms. The summed E-state index contributed by atoms with van der Waals surface area (Å²) < 4.78 is 10.8. The van der Waals surface area contributed by atoms with Crippen LogP contribution in [0.1, 0.15) is 17.3 Å². The van der Waals surface area contributed by atoms with E-state index in [1.165, 1.54) is 25.1 Å². The molecule has 0 heterocycles. The third-order valence-electron chi connectivity index (χ3n) is 4.05. The highest BCUT2D eigenvalue weighted by molar-refractivity contribution is 5.97. The lowest BCUT2D eigenvalue weighted by Crippen LogP contribution is -2.30. The van der Waals surface area contributed by atoms with Crippen LogP contribution in [0, 0.1) is 10.1 Å². The zero-order chi connectivity index (χ0) is 21.5.